The molecule has 1 aromatic carbocycles. The van der Waals surface area contributed by atoms with Crippen molar-refractivity contribution in [3.8, 4) is 0 Å². The van der Waals surface area contributed by atoms with Crippen LogP contribution in [0.25, 0.3) is 10.2 Å². The van der Waals surface area contributed by atoms with Crippen LogP contribution in [0.5, 0.6) is 0 Å². The van der Waals surface area contributed by atoms with E-state index in [0.717, 1.165) is 11.3 Å². The molecule has 2 aromatic heterocycles. The summed E-state index contributed by atoms with van der Waals surface area (Å²) in [7, 11) is 1.67. The fourth-order valence-electron chi connectivity index (χ4n) is 2.16. The Morgan fingerprint density at radius 2 is 2.22 bits per heavy atom. The molecule has 0 aliphatic rings. The van der Waals surface area contributed by atoms with Crippen LogP contribution in [0.3, 0.4) is 0 Å². The summed E-state index contributed by atoms with van der Waals surface area (Å²) in [5.41, 5.74) is 1.77. The number of aryl methyl sites for hydroxylation is 1. The number of hydrogen-bond acceptors (Lipinski definition) is 5. The first-order chi connectivity index (χ1) is 11.0. The number of thiophene rings is 1. The Bertz CT molecular complexity index is 930. The van der Waals surface area contributed by atoms with Crippen LogP contribution in [0.2, 0.25) is 0 Å². The Labute approximate surface area is 141 Å². The number of amides is 1. The number of carbonyl (C=O) groups excluding carboxylic acids is 1. The van der Waals surface area contributed by atoms with Crippen molar-refractivity contribution >= 4 is 44.9 Å². The van der Waals surface area contributed by atoms with Gasteiger partial charge in [0.1, 0.15) is 4.83 Å². The van der Waals surface area contributed by atoms with Gasteiger partial charge < -0.3 is 5.32 Å². The smallest absolute Gasteiger partial charge is 0.262 e. The van der Waals surface area contributed by atoms with Crippen LogP contribution in [0, 0.1) is 6.92 Å². The summed E-state index contributed by atoms with van der Waals surface area (Å²) in [4.78, 5) is 29.4. The molecule has 0 bridgehead atoms. The topological polar surface area (TPSA) is 64.0 Å². The molecular weight excluding hydrogens is 330 g/mol. The maximum atomic E-state index is 12.2. The molecule has 0 atom stereocenters. The standard InChI is InChI=1S/C16H15N3O2S2/c1-10-4-3-5-11(8-10)17-13(20)9-23-16-18-14-12(6-7-22-14)15(21)19(16)2/h3-8H,9H2,1-2H3,(H,17,20). The van der Waals surface area contributed by atoms with Gasteiger partial charge in [0, 0.05) is 12.7 Å². The highest BCUT2D eigenvalue weighted by Gasteiger charge is 2.11. The van der Waals surface area contributed by atoms with Crippen LogP contribution in [0.15, 0.2) is 45.7 Å². The Morgan fingerprint density at radius 1 is 1.39 bits per heavy atom. The van der Waals surface area contributed by atoms with E-state index >= 15 is 0 Å². The van der Waals surface area contributed by atoms with Crippen molar-refractivity contribution in [2.45, 2.75) is 12.1 Å². The summed E-state index contributed by atoms with van der Waals surface area (Å²) in [5, 5.41) is 5.85. The SMILES string of the molecule is Cc1cccc(NC(=O)CSc2nc3sccc3c(=O)n2C)c1. The number of hydrogen-bond donors (Lipinski definition) is 1. The second kappa shape index (κ2) is 6.55. The first-order valence-electron chi connectivity index (χ1n) is 6.98. The van der Waals surface area contributed by atoms with Crippen LogP contribution in [-0.2, 0) is 11.8 Å². The van der Waals surface area contributed by atoms with E-state index in [2.05, 4.69) is 10.3 Å². The highest BCUT2D eigenvalue weighted by molar-refractivity contribution is 7.99. The molecule has 2 heterocycles. The van der Waals surface area contributed by atoms with E-state index in [9.17, 15) is 9.59 Å². The predicted molar refractivity (Wildman–Crippen MR) is 95.4 cm³/mol. The van der Waals surface area contributed by atoms with Gasteiger partial charge in [-0.15, -0.1) is 11.3 Å². The second-order valence-electron chi connectivity index (χ2n) is 5.10. The van der Waals surface area contributed by atoms with Gasteiger partial charge >= 0.3 is 0 Å². The van der Waals surface area contributed by atoms with Gasteiger partial charge in [0.05, 0.1) is 11.1 Å². The van der Waals surface area contributed by atoms with Gasteiger partial charge in [-0.05, 0) is 36.1 Å². The average Bonchev–Trinajstić information content (AvgIpc) is 2.98. The number of nitrogens with one attached hydrogen (secondary N) is 1. The average molecular weight is 345 g/mol. The number of anilines is 1. The fourth-order valence-corrected chi connectivity index (χ4v) is 3.74. The van der Waals surface area contributed by atoms with Gasteiger partial charge in [-0.25, -0.2) is 4.98 Å². The van der Waals surface area contributed by atoms with Gasteiger partial charge in [0.2, 0.25) is 5.91 Å². The van der Waals surface area contributed by atoms with Gasteiger partial charge in [0.15, 0.2) is 5.16 Å². The summed E-state index contributed by atoms with van der Waals surface area (Å²) in [5.74, 6) is 0.0755. The minimum Gasteiger partial charge on any atom is -0.325 e. The number of carbonyl (C=O) groups is 1. The molecule has 1 N–H and O–H groups in total. The van der Waals surface area contributed by atoms with Crippen molar-refractivity contribution in [3.05, 3.63) is 51.6 Å². The first-order valence-corrected chi connectivity index (χ1v) is 8.84. The molecule has 0 unspecified atom stereocenters. The maximum absolute atomic E-state index is 12.2. The zero-order valence-corrected chi connectivity index (χ0v) is 14.3. The molecule has 118 valence electrons. The molecule has 0 fully saturated rings. The summed E-state index contributed by atoms with van der Waals surface area (Å²) in [6.45, 7) is 1.97. The van der Waals surface area contributed by atoms with Gasteiger partial charge in [-0.3, -0.25) is 14.2 Å². The van der Waals surface area contributed by atoms with E-state index in [-0.39, 0.29) is 17.2 Å². The number of benzene rings is 1. The molecule has 7 heteroatoms. The minimum atomic E-state index is -0.124. The molecule has 5 nitrogen and oxygen atoms in total. The maximum Gasteiger partial charge on any atom is 0.262 e. The lowest BCUT2D eigenvalue weighted by Crippen LogP contribution is -2.20. The van der Waals surface area contributed by atoms with E-state index < -0.39 is 0 Å². The van der Waals surface area contributed by atoms with Gasteiger partial charge in [-0.1, -0.05) is 23.9 Å². The Balaban J connectivity index is 1.72. The molecule has 0 saturated heterocycles. The van der Waals surface area contributed by atoms with Gasteiger partial charge in [0.25, 0.3) is 5.56 Å². The number of aromatic nitrogens is 2. The molecule has 1 amide bonds. The Morgan fingerprint density at radius 3 is 3.00 bits per heavy atom. The quantitative estimate of drug-likeness (QED) is 0.583. The second-order valence-corrected chi connectivity index (χ2v) is 6.94. The van der Waals surface area contributed by atoms with Crippen molar-refractivity contribution in [2.75, 3.05) is 11.1 Å². The highest BCUT2D eigenvalue weighted by atomic mass is 32.2. The summed E-state index contributed by atoms with van der Waals surface area (Å²) in [6, 6.07) is 9.40. The lowest BCUT2D eigenvalue weighted by atomic mass is 10.2. The zero-order chi connectivity index (χ0) is 16.4. The van der Waals surface area contributed by atoms with Crippen molar-refractivity contribution in [2.24, 2.45) is 7.05 Å². The zero-order valence-electron chi connectivity index (χ0n) is 12.7. The third kappa shape index (κ3) is 3.46. The fraction of sp³-hybridized carbons (Fsp3) is 0.188. The van der Waals surface area contributed by atoms with Crippen molar-refractivity contribution < 1.29 is 4.79 Å². The lowest BCUT2D eigenvalue weighted by molar-refractivity contribution is -0.113. The molecule has 0 aliphatic carbocycles. The molecule has 3 aromatic rings. The van der Waals surface area contributed by atoms with Crippen LogP contribution in [0.1, 0.15) is 5.56 Å². The largest absolute Gasteiger partial charge is 0.325 e. The molecule has 3 rings (SSSR count). The van der Waals surface area contributed by atoms with E-state index in [4.69, 9.17) is 0 Å². The van der Waals surface area contributed by atoms with Crippen molar-refractivity contribution in [1.29, 1.82) is 0 Å². The van der Waals surface area contributed by atoms with Crippen LogP contribution >= 0.6 is 23.1 Å². The van der Waals surface area contributed by atoms with Crippen LogP contribution in [0.4, 0.5) is 5.69 Å². The summed E-state index contributed by atoms with van der Waals surface area (Å²) in [6.07, 6.45) is 0. The Hall–Kier alpha value is -2.12. The molecule has 0 aliphatic heterocycles. The highest BCUT2D eigenvalue weighted by Crippen LogP contribution is 2.20. The third-order valence-corrected chi connectivity index (χ3v) is 5.13. The summed E-state index contributed by atoms with van der Waals surface area (Å²) >= 11 is 2.68. The number of rotatable bonds is 4. The van der Waals surface area contributed by atoms with Crippen molar-refractivity contribution in [3.63, 3.8) is 0 Å². The molecule has 23 heavy (non-hydrogen) atoms. The van der Waals surface area contributed by atoms with Crippen LogP contribution < -0.4 is 10.9 Å². The van der Waals surface area contributed by atoms with Crippen molar-refractivity contribution in [1.82, 2.24) is 9.55 Å². The molecule has 0 spiro atoms. The molecule has 0 radical (unpaired) electrons. The first kappa shape index (κ1) is 15.8. The van der Waals surface area contributed by atoms with E-state index in [1.54, 1.807) is 13.1 Å². The van der Waals surface area contributed by atoms with Gasteiger partial charge in [-0.2, -0.15) is 0 Å². The predicted octanol–water partition coefficient (Wildman–Crippen LogP) is 3.03. The van der Waals surface area contributed by atoms with Crippen LogP contribution in [-0.4, -0.2) is 21.2 Å². The normalized spacial score (nSPS) is 10.9. The monoisotopic (exact) mass is 345 g/mol. The number of thioether (sulfide) groups is 1. The lowest BCUT2D eigenvalue weighted by Gasteiger charge is -2.08. The van der Waals surface area contributed by atoms with E-state index in [1.807, 2.05) is 36.6 Å². The van der Waals surface area contributed by atoms with E-state index in [0.29, 0.717) is 15.4 Å². The van der Waals surface area contributed by atoms with E-state index in [1.165, 1.54) is 27.7 Å². The molecular formula is C16H15N3O2S2. The number of nitrogens with zero attached hydrogens (tertiary/aromatic N) is 2. The number of fused-ring (bicyclic) bond motifs is 1. The Kier molecular flexibility index (Phi) is 4.49. The third-order valence-electron chi connectivity index (χ3n) is 3.30. The summed E-state index contributed by atoms with van der Waals surface area (Å²) < 4.78 is 1.49. The minimum absolute atomic E-state index is 0.0853. The molecule has 0 saturated carbocycles.